The van der Waals surface area contributed by atoms with Crippen molar-refractivity contribution in [2.75, 3.05) is 13.2 Å². The first-order valence-corrected chi connectivity index (χ1v) is 8.04. The van der Waals surface area contributed by atoms with E-state index in [4.69, 9.17) is 9.47 Å². The minimum Gasteiger partial charge on any atom is -0.466 e. The molecule has 126 valence electrons. The van der Waals surface area contributed by atoms with E-state index in [0.29, 0.717) is 0 Å². The molecule has 2 atom stereocenters. The smallest absolute Gasteiger partial charge is 0.327 e. The van der Waals surface area contributed by atoms with Crippen LogP contribution in [0.3, 0.4) is 0 Å². The Labute approximate surface area is 134 Å². The Kier molecular flexibility index (Phi) is 8.77. The molecule has 0 bridgehead atoms. The monoisotopic (exact) mass is 311 g/mol. The van der Waals surface area contributed by atoms with Gasteiger partial charge in [0.25, 0.3) is 0 Å². The predicted molar refractivity (Wildman–Crippen MR) is 83.7 cm³/mol. The Morgan fingerprint density at radius 3 is 2.09 bits per heavy atom. The van der Waals surface area contributed by atoms with Gasteiger partial charge in [-0.25, -0.2) is 0 Å². The van der Waals surface area contributed by atoms with Crippen LogP contribution in [0, 0.1) is 34.5 Å². The van der Waals surface area contributed by atoms with E-state index in [2.05, 4.69) is 6.07 Å². The Bertz CT molecular complexity index is 411. The second kappa shape index (κ2) is 9.45. The SMILES string of the molecule is CCCCOC(=O)C(C#N)(C(C)C)C(C(=O)OCC)C(C)C. The minimum atomic E-state index is -1.52. The van der Waals surface area contributed by atoms with Gasteiger partial charge >= 0.3 is 11.9 Å². The second-order valence-electron chi connectivity index (χ2n) is 6.10. The van der Waals surface area contributed by atoms with E-state index < -0.39 is 23.3 Å². The summed E-state index contributed by atoms with van der Waals surface area (Å²) in [5, 5.41) is 9.75. The minimum absolute atomic E-state index is 0.208. The van der Waals surface area contributed by atoms with Crippen molar-refractivity contribution >= 4 is 11.9 Å². The first kappa shape index (κ1) is 20.4. The van der Waals surface area contributed by atoms with E-state index in [-0.39, 0.29) is 25.0 Å². The van der Waals surface area contributed by atoms with Gasteiger partial charge in [0.2, 0.25) is 0 Å². The summed E-state index contributed by atoms with van der Waals surface area (Å²) in [7, 11) is 0. The van der Waals surface area contributed by atoms with Crippen LogP contribution >= 0.6 is 0 Å². The lowest BCUT2D eigenvalue weighted by Gasteiger charge is -2.36. The van der Waals surface area contributed by atoms with Crippen molar-refractivity contribution in [3.63, 3.8) is 0 Å². The average molecular weight is 311 g/mol. The third-order valence-electron chi connectivity index (χ3n) is 3.86. The molecule has 0 amide bonds. The standard InChI is InChI=1S/C17H29NO4/c1-7-9-10-22-16(20)17(11-18,13(5)6)14(12(3)4)15(19)21-8-2/h12-14H,7-10H2,1-6H3. The average Bonchev–Trinajstić information content (AvgIpc) is 2.43. The van der Waals surface area contributed by atoms with Crippen molar-refractivity contribution < 1.29 is 19.1 Å². The molecule has 0 aromatic rings. The van der Waals surface area contributed by atoms with Gasteiger partial charge in [0.15, 0.2) is 5.41 Å². The molecule has 0 aromatic carbocycles. The Hall–Kier alpha value is -1.57. The predicted octanol–water partition coefficient (Wildman–Crippen LogP) is 3.33. The lowest BCUT2D eigenvalue weighted by atomic mass is 9.64. The molecule has 2 unspecified atom stereocenters. The van der Waals surface area contributed by atoms with Gasteiger partial charge in [-0.15, -0.1) is 0 Å². The Morgan fingerprint density at radius 2 is 1.73 bits per heavy atom. The molecule has 5 heteroatoms. The fraction of sp³-hybridized carbons (Fsp3) is 0.824. The van der Waals surface area contributed by atoms with Gasteiger partial charge in [0.05, 0.1) is 25.2 Å². The molecular weight excluding hydrogens is 282 g/mol. The van der Waals surface area contributed by atoms with Crippen molar-refractivity contribution in [2.45, 2.75) is 54.4 Å². The zero-order valence-corrected chi connectivity index (χ0v) is 14.6. The van der Waals surface area contributed by atoms with Crippen molar-refractivity contribution in [1.82, 2.24) is 0 Å². The summed E-state index contributed by atoms with van der Waals surface area (Å²) in [6.45, 7) is 11.3. The van der Waals surface area contributed by atoms with Gasteiger partial charge in [-0.05, 0) is 25.2 Å². The van der Waals surface area contributed by atoms with E-state index in [1.165, 1.54) is 0 Å². The van der Waals surface area contributed by atoms with Crippen LogP contribution in [-0.4, -0.2) is 25.2 Å². The molecule has 0 N–H and O–H groups in total. The maximum atomic E-state index is 12.6. The summed E-state index contributed by atoms with van der Waals surface area (Å²) < 4.78 is 10.4. The quantitative estimate of drug-likeness (QED) is 0.482. The van der Waals surface area contributed by atoms with Crippen LogP contribution in [0.4, 0.5) is 0 Å². The second-order valence-corrected chi connectivity index (χ2v) is 6.10. The van der Waals surface area contributed by atoms with Crippen LogP contribution in [0.15, 0.2) is 0 Å². The van der Waals surface area contributed by atoms with Crippen LogP contribution in [0.25, 0.3) is 0 Å². The van der Waals surface area contributed by atoms with E-state index >= 15 is 0 Å². The number of esters is 2. The molecule has 22 heavy (non-hydrogen) atoms. The van der Waals surface area contributed by atoms with Gasteiger partial charge in [-0.2, -0.15) is 5.26 Å². The number of hydrogen-bond acceptors (Lipinski definition) is 5. The van der Waals surface area contributed by atoms with Crippen LogP contribution in [-0.2, 0) is 19.1 Å². The van der Waals surface area contributed by atoms with E-state index in [1.54, 1.807) is 20.8 Å². The normalized spacial score (nSPS) is 15.0. The summed E-state index contributed by atoms with van der Waals surface area (Å²) in [6.07, 6.45) is 1.62. The van der Waals surface area contributed by atoms with Crippen LogP contribution < -0.4 is 0 Å². The number of nitriles is 1. The van der Waals surface area contributed by atoms with Crippen LogP contribution in [0.2, 0.25) is 0 Å². The number of rotatable bonds is 9. The zero-order chi connectivity index (χ0) is 17.3. The third-order valence-corrected chi connectivity index (χ3v) is 3.86. The van der Waals surface area contributed by atoms with Gasteiger partial charge in [-0.1, -0.05) is 41.0 Å². The summed E-state index contributed by atoms with van der Waals surface area (Å²) in [6, 6.07) is 2.09. The third kappa shape index (κ3) is 4.46. The number of hydrogen-bond donors (Lipinski definition) is 0. The maximum Gasteiger partial charge on any atom is 0.327 e. The molecule has 0 saturated carbocycles. The lowest BCUT2D eigenvalue weighted by molar-refractivity contribution is -0.171. The summed E-state index contributed by atoms with van der Waals surface area (Å²) in [5.41, 5.74) is -1.52. The zero-order valence-electron chi connectivity index (χ0n) is 14.6. The molecule has 0 heterocycles. The maximum absolute atomic E-state index is 12.6. The molecule has 0 aliphatic carbocycles. The topological polar surface area (TPSA) is 76.4 Å². The first-order chi connectivity index (χ1) is 10.3. The molecule has 0 radical (unpaired) electrons. The molecule has 5 nitrogen and oxygen atoms in total. The fourth-order valence-corrected chi connectivity index (χ4v) is 2.61. The molecule has 0 fully saturated rings. The van der Waals surface area contributed by atoms with Gasteiger partial charge < -0.3 is 9.47 Å². The molecule has 0 aliphatic rings. The molecule has 0 rings (SSSR count). The van der Waals surface area contributed by atoms with Crippen molar-refractivity contribution in [2.24, 2.45) is 23.2 Å². The first-order valence-electron chi connectivity index (χ1n) is 8.04. The number of carbonyl (C=O) groups is 2. The molecule has 0 saturated heterocycles. The largest absolute Gasteiger partial charge is 0.466 e. The highest BCUT2D eigenvalue weighted by molar-refractivity contribution is 5.88. The molecule has 0 spiro atoms. The van der Waals surface area contributed by atoms with Crippen LogP contribution in [0.5, 0.6) is 0 Å². The number of unbranched alkanes of at least 4 members (excludes halogenated alkanes) is 1. The highest BCUT2D eigenvalue weighted by atomic mass is 16.5. The van der Waals surface area contributed by atoms with Gasteiger partial charge in [0, 0.05) is 0 Å². The molecular formula is C17H29NO4. The van der Waals surface area contributed by atoms with Gasteiger partial charge in [0.1, 0.15) is 0 Å². The van der Waals surface area contributed by atoms with Crippen molar-refractivity contribution in [3.05, 3.63) is 0 Å². The number of nitrogens with zero attached hydrogens (tertiary/aromatic N) is 1. The number of ether oxygens (including phenoxy) is 2. The lowest BCUT2D eigenvalue weighted by Crippen LogP contribution is -2.49. The number of carbonyl (C=O) groups excluding carboxylic acids is 2. The van der Waals surface area contributed by atoms with Gasteiger partial charge in [-0.3, -0.25) is 9.59 Å². The van der Waals surface area contributed by atoms with Crippen molar-refractivity contribution in [3.8, 4) is 6.07 Å². The molecule has 0 aromatic heterocycles. The van der Waals surface area contributed by atoms with Crippen molar-refractivity contribution in [1.29, 1.82) is 5.26 Å². The molecule has 0 aliphatic heterocycles. The summed E-state index contributed by atoms with van der Waals surface area (Å²) in [4.78, 5) is 25.0. The highest BCUT2D eigenvalue weighted by Crippen LogP contribution is 2.41. The Morgan fingerprint density at radius 1 is 1.14 bits per heavy atom. The van der Waals surface area contributed by atoms with Crippen LogP contribution in [0.1, 0.15) is 54.4 Å². The van der Waals surface area contributed by atoms with E-state index in [1.807, 2.05) is 20.8 Å². The van der Waals surface area contributed by atoms with E-state index in [0.717, 1.165) is 12.8 Å². The highest BCUT2D eigenvalue weighted by Gasteiger charge is 2.55. The fourth-order valence-electron chi connectivity index (χ4n) is 2.61. The van der Waals surface area contributed by atoms with E-state index in [9.17, 15) is 14.9 Å². The summed E-state index contributed by atoms with van der Waals surface area (Å²) in [5.74, 6) is -2.54. The summed E-state index contributed by atoms with van der Waals surface area (Å²) >= 11 is 0. The Balaban J connectivity index is 5.68.